The minimum absolute atomic E-state index is 0.0687. The molecule has 2 heterocycles. The number of allylic oxidation sites excluding steroid dienone is 3. The third-order valence-corrected chi connectivity index (χ3v) is 6.03. The van der Waals surface area contributed by atoms with E-state index in [1.54, 1.807) is 36.6 Å². The molecule has 34 heavy (non-hydrogen) atoms. The largest absolute Gasteiger partial charge is 0.398 e. The smallest absolute Gasteiger partial charge is 0.282 e. The number of aromatic nitrogens is 2. The van der Waals surface area contributed by atoms with Crippen LogP contribution in [0.3, 0.4) is 0 Å². The average Bonchev–Trinajstić information content (AvgIpc) is 3.62. The van der Waals surface area contributed by atoms with Crippen LogP contribution in [0.25, 0.3) is 16.9 Å². The number of carbonyl (C=O) groups is 1. The maximum Gasteiger partial charge on any atom is 0.282 e. The lowest BCUT2D eigenvalue weighted by Gasteiger charge is -2.12. The minimum Gasteiger partial charge on any atom is -0.398 e. The van der Waals surface area contributed by atoms with Crippen LogP contribution >= 0.6 is 11.6 Å². The van der Waals surface area contributed by atoms with E-state index in [-0.39, 0.29) is 11.3 Å². The van der Waals surface area contributed by atoms with E-state index < -0.39 is 11.7 Å². The number of benzene rings is 2. The van der Waals surface area contributed by atoms with E-state index in [2.05, 4.69) is 5.10 Å². The number of hydrogen-bond acceptors (Lipinski definition) is 4. The molecular formula is C26H19ClFN5O. The zero-order chi connectivity index (χ0) is 23.8. The lowest BCUT2D eigenvalue weighted by Crippen LogP contribution is -2.21. The molecule has 2 aliphatic rings. The fraction of sp³-hybridized carbons (Fsp3) is 0.115. The van der Waals surface area contributed by atoms with Gasteiger partial charge in [0, 0.05) is 23.7 Å². The number of rotatable bonds is 4. The first-order chi connectivity index (χ1) is 16.4. The van der Waals surface area contributed by atoms with Gasteiger partial charge in [-0.05, 0) is 66.8 Å². The molecule has 0 radical (unpaired) electrons. The zero-order valence-electron chi connectivity index (χ0n) is 18.0. The van der Waals surface area contributed by atoms with Crippen molar-refractivity contribution in [2.45, 2.75) is 18.8 Å². The summed E-state index contributed by atoms with van der Waals surface area (Å²) in [6, 6.07) is 13.4. The molecule has 1 aliphatic heterocycles. The Labute approximate surface area is 200 Å². The number of hydrogen-bond donors (Lipinski definition) is 1. The van der Waals surface area contributed by atoms with Crippen molar-refractivity contribution in [1.82, 2.24) is 14.7 Å². The van der Waals surface area contributed by atoms with Crippen LogP contribution in [0.4, 0.5) is 4.39 Å². The predicted octanol–water partition coefficient (Wildman–Crippen LogP) is 5.41. The third-order valence-electron chi connectivity index (χ3n) is 5.73. The number of nitrogens with zero attached hydrogens (tertiary/aromatic N) is 4. The highest BCUT2D eigenvalue weighted by Crippen LogP contribution is 2.42. The molecule has 5 rings (SSSR count). The van der Waals surface area contributed by atoms with Gasteiger partial charge in [0.1, 0.15) is 11.9 Å². The monoisotopic (exact) mass is 471 g/mol. The highest BCUT2D eigenvalue weighted by Gasteiger charge is 2.26. The number of nitriles is 1. The average molecular weight is 472 g/mol. The number of amides is 1. The molecule has 168 valence electrons. The molecule has 6 nitrogen and oxygen atoms in total. The van der Waals surface area contributed by atoms with Crippen LogP contribution in [0.2, 0.25) is 5.02 Å². The fourth-order valence-corrected chi connectivity index (χ4v) is 4.09. The first-order valence-electron chi connectivity index (χ1n) is 10.7. The van der Waals surface area contributed by atoms with E-state index in [0.29, 0.717) is 33.6 Å². The molecule has 2 N–H and O–H groups in total. The van der Waals surface area contributed by atoms with Crippen LogP contribution in [0.5, 0.6) is 0 Å². The molecule has 2 aromatic carbocycles. The van der Waals surface area contributed by atoms with Crippen molar-refractivity contribution in [3.05, 3.63) is 106 Å². The Kier molecular flexibility index (Phi) is 5.52. The molecule has 1 aromatic heterocycles. The Morgan fingerprint density at radius 1 is 1.18 bits per heavy atom. The van der Waals surface area contributed by atoms with Crippen molar-refractivity contribution >= 4 is 17.5 Å². The van der Waals surface area contributed by atoms with Crippen LogP contribution in [0.15, 0.2) is 78.8 Å². The molecule has 1 amide bonds. The summed E-state index contributed by atoms with van der Waals surface area (Å²) in [7, 11) is 0. The summed E-state index contributed by atoms with van der Waals surface area (Å²) in [5, 5.41) is 14.1. The molecule has 8 heteroatoms. The highest BCUT2D eigenvalue weighted by molar-refractivity contribution is 6.32. The molecule has 1 fully saturated rings. The van der Waals surface area contributed by atoms with Crippen LogP contribution in [0, 0.1) is 17.1 Å². The van der Waals surface area contributed by atoms with Crippen molar-refractivity contribution in [3.63, 3.8) is 0 Å². The minimum atomic E-state index is -0.659. The first-order valence-corrected chi connectivity index (χ1v) is 11.1. The highest BCUT2D eigenvalue weighted by atomic mass is 35.5. The summed E-state index contributed by atoms with van der Waals surface area (Å²) in [5.74, 6) is -0.551. The van der Waals surface area contributed by atoms with Crippen molar-refractivity contribution < 1.29 is 9.18 Å². The zero-order valence-corrected chi connectivity index (χ0v) is 18.7. The summed E-state index contributed by atoms with van der Waals surface area (Å²) in [5.41, 5.74) is 8.99. The van der Waals surface area contributed by atoms with Crippen molar-refractivity contribution in [2.75, 3.05) is 0 Å². The molecule has 3 aromatic rings. The quantitative estimate of drug-likeness (QED) is 0.551. The van der Waals surface area contributed by atoms with Crippen LogP contribution in [0.1, 0.15) is 40.4 Å². The van der Waals surface area contributed by atoms with Gasteiger partial charge in [0.15, 0.2) is 5.69 Å². The van der Waals surface area contributed by atoms with E-state index in [9.17, 15) is 9.18 Å². The standard InChI is InChI=1S/C26H19ClFN5O/c27-21-11-17(16-4-5-16)8-9-24(21)33-25(18-6-7-19(14-29)22(28)12-18)13-23(31-33)26(34)32-10-2-1-3-20(30)15-32/h1-3,6-13,15-16H,4-5,30H2. The Bertz CT molecular complexity index is 1440. The van der Waals surface area contributed by atoms with Gasteiger partial charge in [-0.2, -0.15) is 10.4 Å². The first kappa shape index (κ1) is 21.7. The molecule has 0 bridgehead atoms. The molecule has 0 atom stereocenters. The predicted molar refractivity (Wildman–Crippen MR) is 127 cm³/mol. The van der Waals surface area contributed by atoms with Crippen molar-refractivity contribution in [2.24, 2.45) is 5.73 Å². The Hall–Kier alpha value is -4.15. The van der Waals surface area contributed by atoms with Gasteiger partial charge in [-0.15, -0.1) is 0 Å². The Morgan fingerprint density at radius 2 is 2.00 bits per heavy atom. The lowest BCUT2D eigenvalue weighted by atomic mass is 10.1. The molecule has 0 saturated heterocycles. The summed E-state index contributed by atoms with van der Waals surface area (Å²) in [6.07, 6.45) is 10.4. The van der Waals surface area contributed by atoms with Gasteiger partial charge in [-0.3, -0.25) is 9.69 Å². The second-order valence-corrected chi connectivity index (χ2v) is 8.57. The van der Waals surface area contributed by atoms with Crippen LogP contribution in [-0.4, -0.2) is 20.6 Å². The van der Waals surface area contributed by atoms with Crippen molar-refractivity contribution in [3.8, 4) is 23.0 Å². The molecule has 0 spiro atoms. The normalized spacial score (nSPS) is 15.1. The fourth-order valence-electron chi connectivity index (χ4n) is 3.82. The lowest BCUT2D eigenvalue weighted by molar-refractivity contribution is 0.0863. The van der Waals surface area contributed by atoms with Gasteiger partial charge in [-0.1, -0.05) is 29.8 Å². The summed E-state index contributed by atoms with van der Waals surface area (Å²) < 4.78 is 16.0. The Morgan fingerprint density at radius 3 is 2.71 bits per heavy atom. The Balaban J connectivity index is 1.63. The van der Waals surface area contributed by atoms with Gasteiger partial charge in [0.05, 0.1) is 22.0 Å². The maximum absolute atomic E-state index is 14.5. The summed E-state index contributed by atoms with van der Waals surface area (Å²) in [4.78, 5) is 14.6. The van der Waals surface area contributed by atoms with E-state index in [1.807, 2.05) is 24.3 Å². The molecular weight excluding hydrogens is 453 g/mol. The van der Waals surface area contributed by atoms with Crippen LogP contribution in [-0.2, 0) is 0 Å². The maximum atomic E-state index is 14.5. The number of carbonyl (C=O) groups excluding carboxylic acids is 1. The molecule has 0 unspecified atom stereocenters. The second kappa shape index (κ2) is 8.65. The van der Waals surface area contributed by atoms with Crippen molar-refractivity contribution in [1.29, 1.82) is 5.26 Å². The molecule has 1 saturated carbocycles. The third kappa shape index (κ3) is 4.12. The number of halogens is 2. The van der Waals surface area contributed by atoms with Gasteiger partial charge >= 0.3 is 0 Å². The van der Waals surface area contributed by atoms with E-state index in [0.717, 1.165) is 18.4 Å². The second-order valence-electron chi connectivity index (χ2n) is 8.16. The van der Waals surface area contributed by atoms with Gasteiger partial charge in [0.25, 0.3) is 5.91 Å². The van der Waals surface area contributed by atoms with Gasteiger partial charge in [-0.25, -0.2) is 9.07 Å². The van der Waals surface area contributed by atoms with Gasteiger partial charge < -0.3 is 5.73 Å². The van der Waals surface area contributed by atoms with E-state index >= 15 is 0 Å². The van der Waals surface area contributed by atoms with Crippen LogP contribution < -0.4 is 5.73 Å². The molecule has 1 aliphatic carbocycles. The summed E-state index contributed by atoms with van der Waals surface area (Å²) >= 11 is 6.63. The number of nitrogens with two attached hydrogens (primary N) is 1. The van der Waals surface area contributed by atoms with E-state index in [4.69, 9.17) is 22.6 Å². The SMILES string of the molecule is N#Cc1ccc(-c2cc(C(=O)N3C=CC=CC(N)=C3)nn2-c2ccc(C3CC3)cc2Cl)cc1F. The summed E-state index contributed by atoms with van der Waals surface area (Å²) in [6.45, 7) is 0. The van der Waals surface area contributed by atoms with E-state index in [1.165, 1.54) is 27.9 Å². The van der Waals surface area contributed by atoms with Gasteiger partial charge in [0.2, 0.25) is 0 Å². The topological polar surface area (TPSA) is 87.9 Å².